The summed E-state index contributed by atoms with van der Waals surface area (Å²) in [6, 6.07) is 1.35. The number of nitrogens with zero attached hydrogens (tertiary/aromatic N) is 1. The van der Waals surface area contributed by atoms with Crippen LogP contribution in [-0.2, 0) is 14.3 Å². The molecule has 1 N–H and O–H groups in total. The van der Waals surface area contributed by atoms with Gasteiger partial charge in [0.15, 0.2) is 0 Å². The molecule has 16 heavy (non-hydrogen) atoms. The summed E-state index contributed by atoms with van der Waals surface area (Å²) < 4.78 is 4.59. The van der Waals surface area contributed by atoms with E-state index in [1.807, 2.05) is 6.07 Å². The van der Waals surface area contributed by atoms with Crippen LogP contribution in [0.4, 0.5) is 0 Å². The lowest BCUT2D eigenvalue weighted by Crippen LogP contribution is -2.43. The first-order valence-corrected chi connectivity index (χ1v) is 5.28. The molecule has 0 rings (SSSR count). The zero-order valence-electron chi connectivity index (χ0n) is 9.95. The van der Waals surface area contributed by atoms with Gasteiger partial charge in [-0.15, -0.1) is 0 Å². The maximum absolute atomic E-state index is 11.4. The van der Waals surface area contributed by atoms with Crippen molar-refractivity contribution in [1.82, 2.24) is 5.32 Å². The van der Waals surface area contributed by atoms with Gasteiger partial charge in [0.2, 0.25) is 5.91 Å². The predicted octanol–water partition coefficient (Wildman–Crippen LogP) is 0.994. The van der Waals surface area contributed by atoms with Gasteiger partial charge >= 0.3 is 5.97 Å². The number of carbonyl (C=O) groups is 2. The summed E-state index contributed by atoms with van der Waals surface area (Å²) in [6.45, 7) is 3.50. The van der Waals surface area contributed by atoms with Crippen LogP contribution < -0.4 is 5.32 Å². The summed E-state index contributed by atoms with van der Waals surface area (Å²) in [5.41, 5.74) is 0. The fourth-order valence-electron chi connectivity index (χ4n) is 1.11. The molecule has 0 bridgehead atoms. The summed E-state index contributed by atoms with van der Waals surface area (Å²) in [6.07, 6.45) is 1.36. The van der Waals surface area contributed by atoms with Crippen LogP contribution in [0.5, 0.6) is 0 Å². The molecule has 1 amide bonds. The number of carbonyl (C=O) groups excluding carboxylic acids is 2. The van der Waals surface area contributed by atoms with Crippen LogP contribution in [0.15, 0.2) is 0 Å². The van der Waals surface area contributed by atoms with Gasteiger partial charge in [0.05, 0.1) is 13.2 Å². The first-order chi connectivity index (χ1) is 7.52. The minimum absolute atomic E-state index is 0.178. The fourth-order valence-corrected chi connectivity index (χ4v) is 1.11. The van der Waals surface area contributed by atoms with Crippen LogP contribution in [0, 0.1) is 17.2 Å². The first-order valence-electron chi connectivity index (χ1n) is 5.28. The van der Waals surface area contributed by atoms with Crippen LogP contribution in [0.25, 0.3) is 0 Å². The third kappa shape index (κ3) is 5.35. The lowest BCUT2D eigenvalue weighted by atomic mass is 10.1. The van der Waals surface area contributed by atoms with Crippen molar-refractivity contribution in [1.29, 1.82) is 5.26 Å². The lowest BCUT2D eigenvalue weighted by molar-refractivity contribution is -0.145. The second kappa shape index (κ2) is 7.69. The van der Waals surface area contributed by atoms with E-state index in [0.29, 0.717) is 19.3 Å². The number of amides is 1. The molecule has 0 saturated carbocycles. The van der Waals surface area contributed by atoms with Crippen LogP contribution >= 0.6 is 0 Å². The topological polar surface area (TPSA) is 79.2 Å². The van der Waals surface area contributed by atoms with Crippen molar-refractivity contribution >= 4 is 11.9 Å². The van der Waals surface area contributed by atoms with Crippen molar-refractivity contribution in [3.63, 3.8) is 0 Å². The number of hydrogen-bond donors (Lipinski definition) is 1. The Hall–Kier alpha value is -1.57. The van der Waals surface area contributed by atoms with E-state index >= 15 is 0 Å². The van der Waals surface area contributed by atoms with Crippen molar-refractivity contribution in [2.75, 3.05) is 7.11 Å². The number of unbranched alkanes of at least 4 members (excludes halogenated alkanes) is 1. The second-order valence-electron chi connectivity index (χ2n) is 3.79. The lowest BCUT2D eigenvalue weighted by Gasteiger charge is -2.17. The van der Waals surface area contributed by atoms with Crippen LogP contribution in [0.2, 0.25) is 0 Å². The average Bonchev–Trinajstić information content (AvgIpc) is 2.26. The van der Waals surface area contributed by atoms with E-state index < -0.39 is 12.0 Å². The Labute approximate surface area is 95.8 Å². The third-order valence-electron chi connectivity index (χ3n) is 2.11. The highest BCUT2D eigenvalue weighted by Gasteiger charge is 2.21. The molecule has 0 unspecified atom stereocenters. The smallest absolute Gasteiger partial charge is 0.328 e. The Bertz CT molecular complexity index is 281. The Balaban J connectivity index is 4.27. The molecule has 1 atom stereocenters. The van der Waals surface area contributed by atoms with Crippen molar-refractivity contribution in [2.24, 2.45) is 5.92 Å². The van der Waals surface area contributed by atoms with E-state index in [-0.39, 0.29) is 11.8 Å². The van der Waals surface area contributed by atoms with Gasteiger partial charge in [-0.3, -0.25) is 4.79 Å². The molecule has 0 fully saturated rings. The average molecular weight is 226 g/mol. The Morgan fingerprint density at radius 1 is 1.44 bits per heavy atom. The zero-order valence-corrected chi connectivity index (χ0v) is 9.95. The van der Waals surface area contributed by atoms with Gasteiger partial charge in [0.1, 0.15) is 6.04 Å². The Morgan fingerprint density at radius 2 is 2.06 bits per heavy atom. The second-order valence-corrected chi connectivity index (χ2v) is 3.79. The van der Waals surface area contributed by atoms with Gasteiger partial charge in [0.25, 0.3) is 0 Å². The van der Waals surface area contributed by atoms with E-state index in [9.17, 15) is 9.59 Å². The van der Waals surface area contributed by atoms with Crippen molar-refractivity contribution in [3.8, 4) is 6.07 Å². The van der Waals surface area contributed by atoms with Gasteiger partial charge in [0, 0.05) is 12.3 Å². The van der Waals surface area contributed by atoms with Crippen molar-refractivity contribution < 1.29 is 14.3 Å². The molecule has 0 saturated heterocycles. The number of nitrogens with one attached hydrogen (secondary N) is 1. The summed E-state index contributed by atoms with van der Waals surface area (Å²) in [5, 5.41) is 11.0. The molecule has 0 aliphatic rings. The normalized spacial score (nSPS) is 11.7. The molecular weight excluding hydrogens is 208 g/mol. The minimum Gasteiger partial charge on any atom is -0.467 e. The molecule has 0 radical (unpaired) electrons. The summed E-state index contributed by atoms with van der Waals surface area (Å²) in [7, 11) is 1.28. The third-order valence-corrected chi connectivity index (χ3v) is 2.11. The van der Waals surface area contributed by atoms with E-state index in [1.54, 1.807) is 13.8 Å². The quantitative estimate of drug-likeness (QED) is 0.541. The van der Waals surface area contributed by atoms with Crippen molar-refractivity contribution in [3.05, 3.63) is 0 Å². The predicted molar refractivity (Wildman–Crippen MR) is 58.2 cm³/mol. The monoisotopic (exact) mass is 226 g/mol. The maximum Gasteiger partial charge on any atom is 0.328 e. The Morgan fingerprint density at radius 3 is 2.50 bits per heavy atom. The highest BCUT2D eigenvalue weighted by molar-refractivity contribution is 5.85. The number of hydrogen-bond acceptors (Lipinski definition) is 4. The zero-order chi connectivity index (χ0) is 12.6. The number of methoxy groups -OCH3 is 1. The van der Waals surface area contributed by atoms with E-state index in [0.717, 1.165) is 0 Å². The van der Waals surface area contributed by atoms with Gasteiger partial charge in [-0.2, -0.15) is 5.26 Å². The molecule has 0 aromatic rings. The molecule has 5 heteroatoms. The van der Waals surface area contributed by atoms with E-state index in [1.165, 1.54) is 7.11 Å². The van der Waals surface area contributed by atoms with Crippen molar-refractivity contribution in [2.45, 2.75) is 39.2 Å². The first kappa shape index (κ1) is 14.4. The van der Waals surface area contributed by atoms with Crippen LogP contribution in [-0.4, -0.2) is 25.0 Å². The molecule has 0 spiro atoms. The van der Waals surface area contributed by atoms with E-state index in [4.69, 9.17) is 5.26 Å². The summed E-state index contributed by atoms with van der Waals surface area (Å²) >= 11 is 0. The van der Waals surface area contributed by atoms with Gasteiger partial charge in [-0.1, -0.05) is 13.8 Å². The molecule has 5 nitrogen and oxygen atoms in total. The number of nitriles is 1. The molecule has 0 aromatic heterocycles. The molecule has 0 aromatic carbocycles. The standard InChI is InChI=1S/C11H18N2O3/c1-8(2)10(14)13-9(11(15)16-3)6-4-5-7-12/h8-9H,4-6H2,1-3H3,(H,13,14)/t9-/m0/s1. The SMILES string of the molecule is COC(=O)[C@H](CCCC#N)NC(=O)C(C)C. The highest BCUT2D eigenvalue weighted by atomic mass is 16.5. The molecular formula is C11H18N2O3. The molecule has 90 valence electrons. The number of esters is 1. The highest BCUT2D eigenvalue weighted by Crippen LogP contribution is 2.04. The van der Waals surface area contributed by atoms with Crippen LogP contribution in [0.3, 0.4) is 0 Å². The molecule has 0 heterocycles. The molecule has 0 aliphatic heterocycles. The van der Waals surface area contributed by atoms with Gasteiger partial charge in [-0.25, -0.2) is 4.79 Å². The number of ether oxygens (including phenoxy) is 1. The largest absolute Gasteiger partial charge is 0.467 e. The minimum atomic E-state index is -0.645. The van der Waals surface area contributed by atoms with E-state index in [2.05, 4.69) is 10.1 Å². The van der Waals surface area contributed by atoms with Gasteiger partial charge < -0.3 is 10.1 Å². The van der Waals surface area contributed by atoms with Crippen LogP contribution in [0.1, 0.15) is 33.1 Å². The summed E-state index contributed by atoms with van der Waals surface area (Å²) in [5.74, 6) is -0.831. The summed E-state index contributed by atoms with van der Waals surface area (Å²) in [4.78, 5) is 22.8. The number of rotatable bonds is 6. The molecule has 0 aliphatic carbocycles. The van der Waals surface area contributed by atoms with Gasteiger partial charge in [-0.05, 0) is 12.8 Å². The Kier molecular flexibility index (Phi) is 6.93. The fraction of sp³-hybridized carbons (Fsp3) is 0.727. The maximum atomic E-state index is 11.4.